The summed E-state index contributed by atoms with van der Waals surface area (Å²) in [6, 6.07) is 8.06. The number of fused-ring (bicyclic) bond motifs is 1. The minimum absolute atomic E-state index is 0.187. The van der Waals surface area contributed by atoms with Crippen LogP contribution in [0.5, 0.6) is 0 Å². The van der Waals surface area contributed by atoms with Gasteiger partial charge in [0, 0.05) is 38.2 Å². The topological polar surface area (TPSA) is 66.8 Å². The molecule has 130 valence electrons. The molecule has 1 aromatic carbocycles. The SMILES string of the molecule is O=C(CCn1cc(Br)cn1)N1CCCC(c2nc3ccccc3[nH]2)C1. The molecule has 25 heavy (non-hydrogen) atoms. The largest absolute Gasteiger partial charge is 0.342 e. The third kappa shape index (κ3) is 3.61. The van der Waals surface area contributed by atoms with E-state index in [4.69, 9.17) is 4.98 Å². The molecule has 1 saturated heterocycles. The summed E-state index contributed by atoms with van der Waals surface area (Å²) in [6.07, 6.45) is 6.18. The lowest BCUT2D eigenvalue weighted by atomic mass is 9.97. The van der Waals surface area contributed by atoms with Gasteiger partial charge in [-0.3, -0.25) is 9.48 Å². The zero-order valence-electron chi connectivity index (χ0n) is 13.9. The van der Waals surface area contributed by atoms with Crippen LogP contribution in [-0.2, 0) is 11.3 Å². The lowest BCUT2D eigenvalue weighted by Crippen LogP contribution is -2.39. The summed E-state index contributed by atoms with van der Waals surface area (Å²) in [5.74, 6) is 1.46. The minimum Gasteiger partial charge on any atom is -0.342 e. The maximum atomic E-state index is 12.6. The van der Waals surface area contributed by atoms with E-state index in [0.717, 1.165) is 47.3 Å². The number of aryl methyl sites for hydroxylation is 1. The number of imidazole rings is 1. The average molecular weight is 402 g/mol. The molecule has 7 heteroatoms. The second-order valence-electron chi connectivity index (χ2n) is 6.49. The van der Waals surface area contributed by atoms with Crippen molar-refractivity contribution in [2.75, 3.05) is 13.1 Å². The summed E-state index contributed by atoms with van der Waals surface area (Å²) in [5.41, 5.74) is 2.05. The number of piperidine rings is 1. The quantitative estimate of drug-likeness (QED) is 0.728. The van der Waals surface area contributed by atoms with Crippen LogP contribution < -0.4 is 0 Å². The smallest absolute Gasteiger partial charge is 0.224 e. The van der Waals surface area contributed by atoms with E-state index in [9.17, 15) is 4.79 Å². The first-order chi connectivity index (χ1) is 12.2. The van der Waals surface area contributed by atoms with Crippen molar-refractivity contribution in [3.63, 3.8) is 0 Å². The number of carbonyl (C=O) groups is 1. The molecule has 0 bridgehead atoms. The number of nitrogens with zero attached hydrogens (tertiary/aromatic N) is 4. The maximum Gasteiger partial charge on any atom is 0.224 e. The van der Waals surface area contributed by atoms with Gasteiger partial charge >= 0.3 is 0 Å². The van der Waals surface area contributed by atoms with Crippen LogP contribution in [0, 0.1) is 0 Å². The molecular formula is C18H20BrN5O. The summed E-state index contributed by atoms with van der Waals surface area (Å²) >= 11 is 3.37. The maximum absolute atomic E-state index is 12.6. The molecule has 4 rings (SSSR count). The molecule has 3 heterocycles. The summed E-state index contributed by atoms with van der Waals surface area (Å²) in [7, 11) is 0. The summed E-state index contributed by atoms with van der Waals surface area (Å²) in [4.78, 5) is 22.7. The summed E-state index contributed by atoms with van der Waals surface area (Å²) < 4.78 is 2.73. The monoisotopic (exact) mass is 401 g/mol. The zero-order chi connectivity index (χ0) is 17.2. The van der Waals surface area contributed by atoms with Crippen LogP contribution >= 0.6 is 15.9 Å². The highest BCUT2D eigenvalue weighted by atomic mass is 79.9. The molecule has 1 amide bonds. The highest BCUT2D eigenvalue weighted by Gasteiger charge is 2.26. The molecule has 1 unspecified atom stereocenters. The van der Waals surface area contributed by atoms with E-state index in [1.165, 1.54) is 0 Å². The Labute approximate surface area is 154 Å². The molecule has 1 fully saturated rings. The van der Waals surface area contributed by atoms with E-state index in [1.807, 2.05) is 35.4 Å². The van der Waals surface area contributed by atoms with E-state index in [-0.39, 0.29) is 11.8 Å². The van der Waals surface area contributed by atoms with Crippen LogP contribution in [0.25, 0.3) is 11.0 Å². The summed E-state index contributed by atoms with van der Waals surface area (Å²) in [5, 5.41) is 4.20. The number of rotatable bonds is 4. The Morgan fingerprint density at radius 3 is 3.04 bits per heavy atom. The predicted octanol–water partition coefficient (Wildman–Crippen LogP) is 3.32. The number of hydrogen-bond acceptors (Lipinski definition) is 3. The van der Waals surface area contributed by atoms with Crippen LogP contribution in [0.15, 0.2) is 41.1 Å². The van der Waals surface area contributed by atoms with Crippen LogP contribution in [0.2, 0.25) is 0 Å². The molecule has 0 radical (unpaired) electrons. The molecule has 1 N–H and O–H groups in total. The highest BCUT2D eigenvalue weighted by molar-refractivity contribution is 9.10. The van der Waals surface area contributed by atoms with Gasteiger partial charge in [0.15, 0.2) is 0 Å². The molecule has 0 saturated carbocycles. The molecule has 1 atom stereocenters. The zero-order valence-corrected chi connectivity index (χ0v) is 15.4. The van der Waals surface area contributed by atoms with Crippen molar-refractivity contribution in [1.29, 1.82) is 0 Å². The third-order valence-corrected chi connectivity index (χ3v) is 5.13. The first kappa shape index (κ1) is 16.3. The Kier molecular flexibility index (Phi) is 4.57. The Balaban J connectivity index is 1.40. The van der Waals surface area contributed by atoms with Crippen molar-refractivity contribution >= 4 is 32.9 Å². The number of aromatic nitrogens is 4. The van der Waals surface area contributed by atoms with Gasteiger partial charge in [0.05, 0.1) is 21.7 Å². The second kappa shape index (κ2) is 7.00. The summed E-state index contributed by atoms with van der Waals surface area (Å²) in [6.45, 7) is 2.18. The van der Waals surface area contributed by atoms with E-state index in [1.54, 1.807) is 10.9 Å². The lowest BCUT2D eigenvalue weighted by Gasteiger charge is -2.32. The van der Waals surface area contributed by atoms with Crippen LogP contribution in [-0.4, -0.2) is 43.6 Å². The van der Waals surface area contributed by atoms with E-state index in [0.29, 0.717) is 13.0 Å². The Morgan fingerprint density at radius 2 is 2.24 bits per heavy atom. The fourth-order valence-electron chi connectivity index (χ4n) is 3.42. The van der Waals surface area contributed by atoms with Crippen molar-refractivity contribution in [2.24, 2.45) is 0 Å². The Bertz CT molecular complexity index is 853. The highest BCUT2D eigenvalue weighted by Crippen LogP contribution is 2.27. The number of H-pyrrole nitrogens is 1. The van der Waals surface area contributed by atoms with Gasteiger partial charge in [0.25, 0.3) is 0 Å². The van der Waals surface area contributed by atoms with Gasteiger partial charge in [-0.2, -0.15) is 5.10 Å². The number of hydrogen-bond donors (Lipinski definition) is 1. The molecule has 1 aliphatic rings. The van der Waals surface area contributed by atoms with Crippen LogP contribution in [0.3, 0.4) is 0 Å². The van der Waals surface area contributed by atoms with Crippen molar-refractivity contribution < 1.29 is 4.79 Å². The predicted molar refractivity (Wildman–Crippen MR) is 99.2 cm³/mol. The number of amides is 1. The van der Waals surface area contributed by atoms with Crippen molar-refractivity contribution in [2.45, 2.75) is 31.7 Å². The van der Waals surface area contributed by atoms with Gasteiger partial charge in [-0.05, 0) is 40.9 Å². The van der Waals surface area contributed by atoms with Gasteiger partial charge in [0.1, 0.15) is 5.82 Å². The molecule has 0 spiro atoms. The van der Waals surface area contributed by atoms with Gasteiger partial charge in [-0.1, -0.05) is 12.1 Å². The molecular weight excluding hydrogens is 382 g/mol. The van der Waals surface area contributed by atoms with Crippen molar-refractivity contribution in [1.82, 2.24) is 24.6 Å². The number of halogens is 1. The molecule has 2 aromatic heterocycles. The standard InChI is InChI=1S/C18H20BrN5O/c19-14-10-20-24(12-14)9-7-17(25)23-8-3-4-13(11-23)18-21-15-5-1-2-6-16(15)22-18/h1-2,5-6,10,12-13H,3-4,7-9,11H2,(H,21,22). The Morgan fingerprint density at radius 1 is 1.36 bits per heavy atom. The number of nitrogens with one attached hydrogen (secondary N) is 1. The van der Waals surface area contributed by atoms with Gasteiger partial charge in [-0.25, -0.2) is 4.98 Å². The number of carbonyl (C=O) groups excluding carboxylic acids is 1. The van der Waals surface area contributed by atoms with Crippen molar-refractivity contribution in [3.05, 3.63) is 47.0 Å². The number of likely N-dealkylation sites (tertiary alicyclic amines) is 1. The normalized spacial score (nSPS) is 18.0. The molecule has 6 nitrogen and oxygen atoms in total. The van der Waals surface area contributed by atoms with Crippen LogP contribution in [0.4, 0.5) is 0 Å². The van der Waals surface area contributed by atoms with E-state index >= 15 is 0 Å². The molecule has 0 aliphatic carbocycles. The average Bonchev–Trinajstić information content (AvgIpc) is 3.25. The Hall–Kier alpha value is -2.15. The van der Waals surface area contributed by atoms with E-state index < -0.39 is 0 Å². The lowest BCUT2D eigenvalue weighted by molar-refractivity contribution is -0.132. The number of para-hydroxylation sites is 2. The fraction of sp³-hybridized carbons (Fsp3) is 0.389. The van der Waals surface area contributed by atoms with Crippen LogP contribution in [0.1, 0.15) is 31.0 Å². The van der Waals surface area contributed by atoms with E-state index in [2.05, 4.69) is 26.0 Å². The minimum atomic E-state index is 0.187. The van der Waals surface area contributed by atoms with Crippen molar-refractivity contribution in [3.8, 4) is 0 Å². The fourth-order valence-corrected chi connectivity index (χ4v) is 3.75. The number of benzene rings is 1. The van der Waals surface area contributed by atoms with Gasteiger partial charge < -0.3 is 9.88 Å². The number of aromatic amines is 1. The van der Waals surface area contributed by atoms with Gasteiger partial charge in [0.2, 0.25) is 5.91 Å². The first-order valence-electron chi connectivity index (χ1n) is 8.59. The molecule has 1 aliphatic heterocycles. The second-order valence-corrected chi connectivity index (χ2v) is 7.41. The first-order valence-corrected chi connectivity index (χ1v) is 9.39. The third-order valence-electron chi connectivity index (χ3n) is 4.72. The molecule has 3 aromatic rings. The van der Waals surface area contributed by atoms with Gasteiger partial charge in [-0.15, -0.1) is 0 Å².